The number of nitrogens with one attached hydrogen (secondary N) is 2. The quantitative estimate of drug-likeness (QED) is 0.677. The fourth-order valence-electron chi connectivity index (χ4n) is 2.34. The predicted molar refractivity (Wildman–Crippen MR) is 104 cm³/mol. The molecule has 1 atom stereocenters. The number of rotatable bonds is 5. The number of thiophene rings is 1. The molecule has 3 aromatic rings. The molecule has 5 nitrogen and oxygen atoms in total. The van der Waals surface area contributed by atoms with E-state index in [4.69, 9.17) is 11.6 Å². The van der Waals surface area contributed by atoms with Crippen molar-refractivity contribution in [1.82, 2.24) is 10.3 Å². The van der Waals surface area contributed by atoms with Crippen molar-refractivity contribution in [3.63, 3.8) is 0 Å². The number of anilines is 1. The summed E-state index contributed by atoms with van der Waals surface area (Å²) in [5.41, 5.74) is 1.56. The maximum absolute atomic E-state index is 12.5. The molecule has 132 valence electrons. The molecule has 0 aliphatic rings. The molecule has 1 aromatic carbocycles. The molecular formula is C19H16ClN3O2S. The van der Waals surface area contributed by atoms with E-state index in [0.29, 0.717) is 21.2 Å². The zero-order chi connectivity index (χ0) is 18.5. The number of halogens is 1. The van der Waals surface area contributed by atoms with Gasteiger partial charge in [0.2, 0.25) is 0 Å². The van der Waals surface area contributed by atoms with Crippen LogP contribution in [0, 0.1) is 0 Å². The largest absolute Gasteiger partial charge is 0.344 e. The molecule has 2 heterocycles. The summed E-state index contributed by atoms with van der Waals surface area (Å²) in [7, 11) is 0. The lowest BCUT2D eigenvalue weighted by molar-refractivity contribution is 0.0938. The zero-order valence-electron chi connectivity index (χ0n) is 13.9. The van der Waals surface area contributed by atoms with Gasteiger partial charge in [-0.1, -0.05) is 23.7 Å². The normalized spacial score (nSPS) is 11.6. The minimum absolute atomic E-state index is 0.247. The predicted octanol–water partition coefficient (Wildman–Crippen LogP) is 4.54. The van der Waals surface area contributed by atoms with E-state index in [1.807, 2.05) is 30.5 Å². The monoisotopic (exact) mass is 385 g/mol. The van der Waals surface area contributed by atoms with Crippen LogP contribution in [0.2, 0.25) is 5.02 Å². The fourth-order valence-corrected chi connectivity index (χ4v) is 3.12. The summed E-state index contributed by atoms with van der Waals surface area (Å²) in [5, 5.41) is 7.81. The third kappa shape index (κ3) is 4.28. The molecule has 0 saturated carbocycles. The van der Waals surface area contributed by atoms with Crippen LogP contribution in [0.1, 0.15) is 38.7 Å². The van der Waals surface area contributed by atoms with Gasteiger partial charge in [0, 0.05) is 11.8 Å². The average molecular weight is 386 g/mol. The standard InChI is InChI=1S/C19H16ClN3O2S/c1-12(15-5-2-3-9-21-15)22-18(24)13-7-8-14(20)16(11-13)23-19(25)17-6-4-10-26-17/h2-12H,1H3,(H,22,24)(H,23,25). The molecule has 7 heteroatoms. The maximum Gasteiger partial charge on any atom is 0.265 e. The van der Waals surface area contributed by atoms with Crippen LogP contribution in [-0.2, 0) is 0 Å². The van der Waals surface area contributed by atoms with Crippen LogP contribution in [0.15, 0.2) is 60.1 Å². The minimum atomic E-state index is -0.272. The Morgan fingerprint density at radius 1 is 1.12 bits per heavy atom. The van der Waals surface area contributed by atoms with Gasteiger partial charge in [0.1, 0.15) is 0 Å². The van der Waals surface area contributed by atoms with E-state index in [1.165, 1.54) is 11.3 Å². The summed E-state index contributed by atoms with van der Waals surface area (Å²) in [4.78, 5) is 29.5. The Morgan fingerprint density at radius 3 is 2.65 bits per heavy atom. The molecule has 26 heavy (non-hydrogen) atoms. The molecule has 2 aromatic heterocycles. The number of carbonyl (C=O) groups excluding carboxylic acids is 2. The van der Waals surface area contributed by atoms with Gasteiger partial charge in [-0.3, -0.25) is 14.6 Å². The van der Waals surface area contributed by atoms with Gasteiger partial charge in [-0.05, 0) is 48.7 Å². The highest BCUT2D eigenvalue weighted by Gasteiger charge is 2.15. The lowest BCUT2D eigenvalue weighted by Gasteiger charge is -2.14. The smallest absolute Gasteiger partial charge is 0.265 e. The molecular weight excluding hydrogens is 370 g/mol. The molecule has 2 N–H and O–H groups in total. The van der Waals surface area contributed by atoms with E-state index >= 15 is 0 Å². The van der Waals surface area contributed by atoms with Crippen molar-refractivity contribution in [2.24, 2.45) is 0 Å². The van der Waals surface area contributed by atoms with Gasteiger partial charge in [0.05, 0.1) is 27.3 Å². The first kappa shape index (κ1) is 18.1. The third-order valence-corrected chi connectivity index (χ3v) is 4.90. The van der Waals surface area contributed by atoms with Gasteiger partial charge < -0.3 is 10.6 Å². The highest BCUT2D eigenvalue weighted by Crippen LogP contribution is 2.25. The van der Waals surface area contributed by atoms with Crippen LogP contribution in [0.3, 0.4) is 0 Å². The van der Waals surface area contributed by atoms with Gasteiger partial charge >= 0.3 is 0 Å². The third-order valence-electron chi connectivity index (χ3n) is 3.70. The van der Waals surface area contributed by atoms with Gasteiger partial charge in [0.25, 0.3) is 11.8 Å². The van der Waals surface area contributed by atoms with E-state index in [9.17, 15) is 9.59 Å². The van der Waals surface area contributed by atoms with Crippen molar-refractivity contribution in [3.05, 3.63) is 81.3 Å². The Morgan fingerprint density at radius 2 is 1.96 bits per heavy atom. The second-order valence-corrected chi connectivity index (χ2v) is 6.93. The highest BCUT2D eigenvalue weighted by atomic mass is 35.5. The Labute approximate surface area is 160 Å². The zero-order valence-corrected chi connectivity index (χ0v) is 15.5. The lowest BCUT2D eigenvalue weighted by atomic mass is 10.1. The Kier molecular flexibility index (Phi) is 5.65. The molecule has 0 aliphatic carbocycles. The molecule has 0 fully saturated rings. The van der Waals surface area contributed by atoms with Crippen molar-refractivity contribution in [2.45, 2.75) is 13.0 Å². The lowest BCUT2D eigenvalue weighted by Crippen LogP contribution is -2.27. The number of pyridine rings is 1. The number of hydrogen-bond acceptors (Lipinski definition) is 4. The summed E-state index contributed by atoms with van der Waals surface area (Å²) in [6, 6.07) is 13.6. The minimum Gasteiger partial charge on any atom is -0.344 e. The van der Waals surface area contributed by atoms with E-state index in [1.54, 1.807) is 36.5 Å². The summed E-state index contributed by atoms with van der Waals surface area (Å²) >= 11 is 7.49. The Balaban J connectivity index is 1.74. The van der Waals surface area contributed by atoms with Crippen molar-refractivity contribution in [2.75, 3.05) is 5.32 Å². The average Bonchev–Trinajstić information content (AvgIpc) is 3.19. The van der Waals surface area contributed by atoms with E-state index in [2.05, 4.69) is 15.6 Å². The van der Waals surface area contributed by atoms with Crippen LogP contribution < -0.4 is 10.6 Å². The maximum atomic E-state index is 12.5. The molecule has 0 aliphatic heterocycles. The number of aromatic nitrogens is 1. The fraction of sp³-hybridized carbons (Fsp3) is 0.105. The van der Waals surface area contributed by atoms with Crippen LogP contribution in [-0.4, -0.2) is 16.8 Å². The molecule has 3 rings (SSSR count). The van der Waals surface area contributed by atoms with Crippen LogP contribution >= 0.6 is 22.9 Å². The van der Waals surface area contributed by atoms with Crippen LogP contribution in [0.25, 0.3) is 0 Å². The first-order valence-corrected chi connectivity index (χ1v) is 9.16. The highest BCUT2D eigenvalue weighted by molar-refractivity contribution is 7.12. The molecule has 0 saturated heterocycles. The Hall–Kier alpha value is -2.70. The van der Waals surface area contributed by atoms with Gasteiger partial charge in [0.15, 0.2) is 0 Å². The summed E-state index contributed by atoms with van der Waals surface area (Å²) in [6.07, 6.45) is 1.68. The summed E-state index contributed by atoms with van der Waals surface area (Å²) in [5.74, 6) is -0.534. The topological polar surface area (TPSA) is 71.1 Å². The molecule has 0 bridgehead atoms. The second-order valence-electron chi connectivity index (χ2n) is 5.58. The van der Waals surface area contributed by atoms with E-state index < -0.39 is 0 Å². The van der Waals surface area contributed by atoms with Crippen molar-refractivity contribution in [3.8, 4) is 0 Å². The molecule has 2 amide bonds. The van der Waals surface area contributed by atoms with Crippen molar-refractivity contribution < 1.29 is 9.59 Å². The van der Waals surface area contributed by atoms with Crippen LogP contribution in [0.4, 0.5) is 5.69 Å². The van der Waals surface area contributed by atoms with Crippen molar-refractivity contribution in [1.29, 1.82) is 0 Å². The first-order valence-electron chi connectivity index (χ1n) is 7.91. The first-order chi connectivity index (χ1) is 12.5. The second kappa shape index (κ2) is 8.12. The van der Waals surface area contributed by atoms with E-state index in [-0.39, 0.29) is 17.9 Å². The van der Waals surface area contributed by atoms with E-state index in [0.717, 1.165) is 5.69 Å². The van der Waals surface area contributed by atoms with Gasteiger partial charge in [-0.25, -0.2) is 0 Å². The van der Waals surface area contributed by atoms with Gasteiger partial charge in [-0.2, -0.15) is 0 Å². The SMILES string of the molecule is CC(NC(=O)c1ccc(Cl)c(NC(=O)c2cccs2)c1)c1ccccn1. The molecule has 0 radical (unpaired) electrons. The summed E-state index contributed by atoms with van der Waals surface area (Å²) < 4.78 is 0. The Bertz CT molecular complexity index is 914. The number of nitrogens with zero attached hydrogens (tertiary/aromatic N) is 1. The van der Waals surface area contributed by atoms with Crippen LogP contribution in [0.5, 0.6) is 0 Å². The van der Waals surface area contributed by atoms with Crippen molar-refractivity contribution >= 4 is 40.4 Å². The molecule has 0 spiro atoms. The number of amides is 2. The number of carbonyl (C=O) groups is 2. The summed E-state index contributed by atoms with van der Waals surface area (Å²) in [6.45, 7) is 1.86. The number of benzene rings is 1. The van der Waals surface area contributed by atoms with Gasteiger partial charge in [-0.15, -0.1) is 11.3 Å². The number of hydrogen-bond donors (Lipinski definition) is 2. The molecule has 1 unspecified atom stereocenters.